The number of anilines is 1. The molecule has 10 nitrogen and oxygen atoms in total. The Morgan fingerprint density at radius 1 is 1.06 bits per heavy atom. The lowest BCUT2D eigenvalue weighted by atomic mass is 10.2. The Morgan fingerprint density at radius 2 is 1.68 bits per heavy atom. The molecule has 1 unspecified atom stereocenters. The number of amides is 1. The van der Waals surface area contributed by atoms with Crippen molar-refractivity contribution in [2.75, 3.05) is 25.6 Å². The van der Waals surface area contributed by atoms with E-state index in [1.165, 1.54) is 32.2 Å². The van der Waals surface area contributed by atoms with Gasteiger partial charge in [-0.2, -0.15) is 0 Å². The van der Waals surface area contributed by atoms with Gasteiger partial charge in [0, 0.05) is 0 Å². The van der Waals surface area contributed by atoms with Crippen LogP contribution in [0.25, 0.3) is 0 Å². The third-order valence-corrected chi connectivity index (χ3v) is 4.05. The Kier molecular flexibility index (Phi) is 8.62. The first-order valence-electron chi connectivity index (χ1n) is 9.52. The molecule has 166 valence electrons. The summed E-state index contributed by atoms with van der Waals surface area (Å²) in [5.74, 6) is 0.212. The molecule has 1 atom stereocenters. The second kappa shape index (κ2) is 11.4. The van der Waals surface area contributed by atoms with Crippen LogP contribution in [0.3, 0.4) is 0 Å². The summed E-state index contributed by atoms with van der Waals surface area (Å²) in [6.45, 7) is 3.88. The van der Waals surface area contributed by atoms with Crippen LogP contribution < -0.4 is 19.5 Å². The first-order chi connectivity index (χ1) is 14.8. The molecule has 10 heteroatoms. The Labute approximate surface area is 179 Å². The van der Waals surface area contributed by atoms with Gasteiger partial charge < -0.3 is 24.3 Å². The molecule has 1 N–H and O–H groups in total. The van der Waals surface area contributed by atoms with E-state index in [4.69, 9.17) is 18.9 Å². The van der Waals surface area contributed by atoms with Crippen LogP contribution in [-0.4, -0.2) is 43.2 Å². The Morgan fingerprint density at radius 3 is 2.26 bits per heavy atom. The van der Waals surface area contributed by atoms with Crippen molar-refractivity contribution in [2.24, 2.45) is 0 Å². The lowest BCUT2D eigenvalue weighted by Gasteiger charge is -2.14. The average molecular weight is 432 g/mol. The van der Waals surface area contributed by atoms with Crippen molar-refractivity contribution in [2.45, 2.75) is 26.4 Å². The molecule has 0 radical (unpaired) electrons. The molecule has 2 aromatic carbocycles. The minimum Gasteiger partial charge on any atom is -0.496 e. The topological polar surface area (TPSA) is 126 Å². The molecular formula is C21H24N2O8. The molecule has 0 saturated carbocycles. The van der Waals surface area contributed by atoms with Gasteiger partial charge in [0.2, 0.25) is 0 Å². The van der Waals surface area contributed by atoms with E-state index >= 15 is 0 Å². The largest absolute Gasteiger partial charge is 0.496 e. The molecule has 0 aliphatic rings. The number of nitro benzene ring substituents is 1. The summed E-state index contributed by atoms with van der Waals surface area (Å²) in [7, 11) is 1.37. The van der Waals surface area contributed by atoms with Gasteiger partial charge in [-0.05, 0) is 50.2 Å². The molecule has 2 aromatic rings. The fourth-order valence-electron chi connectivity index (χ4n) is 2.49. The monoisotopic (exact) mass is 432 g/mol. The number of nitrogens with zero attached hydrogens (tertiary/aromatic N) is 1. The van der Waals surface area contributed by atoms with Gasteiger partial charge in [-0.25, -0.2) is 0 Å². The number of ether oxygens (including phenoxy) is 4. The summed E-state index contributed by atoms with van der Waals surface area (Å²) in [4.78, 5) is 34.8. The molecule has 0 bridgehead atoms. The van der Waals surface area contributed by atoms with Gasteiger partial charge in [-0.1, -0.05) is 0 Å². The lowest BCUT2D eigenvalue weighted by Crippen LogP contribution is -2.30. The van der Waals surface area contributed by atoms with Gasteiger partial charge in [0.15, 0.2) is 6.10 Å². The second-order valence-electron chi connectivity index (χ2n) is 6.26. The summed E-state index contributed by atoms with van der Waals surface area (Å²) in [6.07, 6.45) is -1.23. The van der Waals surface area contributed by atoms with E-state index < -0.39 is 22.9 Å². The number of hydrogen-bond donors (Lipinski definition) is 1. The van der Waals surface area contributed by atoms with Crippen LogP contribution in [-0.2, 0) is 14.3 Å². The number of hydrogen-bond acceptors (Lipinski definition) is 8. The van der Waals surface area contributed by atoms with E-state index in [1.807, 2.05) is 6.92 Å². The highest BCUT2D eigenvalue weighted by Gasteiger charge is 2.22. The Balaban J connectivity index is 1.83. The first kappa shape index (κ1) is 23.5. The fourth-order valence-corrected chi connectivity index (χ4v) is 2.49. The fraction of sp³-hybridized carbons (Fsp3) is 0.333. The smallest absolute Gasteiger partial charge is 0.310 e. The molecule has 0 aliphatic carbocycles. The SMILES string of the molecule is CCOc1ccc(OCCC(=O)OC(C)C(=O)Nc2ccc(OC)cc2[N+](=O)[O-])cc1. The average Bonchev–Trinajstić information content (AvgIpc) is 2.75. The minimum absolute atomic E-state index is 0.0301. The number of carbonyl (C=O) groups excluding carboxylic acids is 2. The van der Waals surface area contributed by atoms with Gasteiger partial charge in [0.1, 0.15) is 22.9 Å². The molecular weight excluding hydrogens is 408 g/mol. The maximum atomic E-state index is 12.3. The van der Waals surface area contributed by atoms with Gasteiger partial charge >= 0.3 is 5.97 Å². The third-order valence-electron chi connectivity index (χ3n) is 4.05. The predicted octanol–water partition coefficient (Wildman–Crippen LogP) is 3.34. The number of nitrogens with one attached hydrogen (secondary N) is 1. The van der Waals surface area contributed by atoms with E-state index in [-0.39, 0.29) is 30.2 Å². The van der Waals surface area contributed by atoms with Crippen LogP contribution >= 0.6 is 0 Å². The standard InChI is InChI=1S/C21H24N2O8/c1-4-29-15-5-7-16(8-6-15)30-12-11-20(24)31-14(2)21(25)22-18-10-9-17(28-3)13-19(18)23(26)27/h5-10,13-14H,4,11-12H2,1-3H3,(H,22,25). The Hall–Kier alpha value is -3.82. The highest BCUT2D eigenvalue weighted by molar-refractivity contribution is 5.97. The first-order valence-corrected chi connectivity index (χ1v) is 9.52. The van der Waals surface area contributed by atoms with Crippen molar-refractivity contribution in [3.63, 3.8) is 0 Å². The van der Waals surface area contributed by atoms with Crippen molar-refractivity contribution in [3.05, 3.63) is 52.6 Å². The number of nitro groups is 1. The molecule has 0 saturated heterocycles. The van der Waals surface area contributed by atoms with E-state index in [2.05, 4.69) is 5.32 Å². The zero-order valence-corrected chi connectivity index (χ0v) is 17.5. The van der Waals surface area contributed by atoms with Crippen LogP contribution in [0.15, 0.2) is 42.5 Å². The number of esters is 1. The third kappa shape index (κ3) is 7.18. The van der Waals surface area contributed by atoms with Crippen molar-refractivity contribution in [3.8, 4) is 17.2 Å². The summed E-state index contributed by atoms with van der Waals surface area (Å²) in [5, 5.41) is 13.6. The molecule has 0 spiro atoms. The van der Waals surface area contributed by atoms with Crippen molar-refractivity contribution in [1.29, 1.82) is 0 Å². The zero-order chi connectivity index (χ0) is 22.8. The van der Waals surface area contributed by atoms with Crippen LogP contribution in [0.1, 0.15) is 20.3 Å². The summed E-state index contributed by atoms with van der Waals surface area (Å²) >= 11 is 0. The summed E-state index contributed by atoms with van der Waals surface area (Å²) < 4.78 is 20.8. The predicted molar refractivity (Wildman–Crippen MR) is 112 cm³/mol. The van der Waals surface area contributed by atoms with E-state index in [9.17, 15) is 19.7 Å². The molecule has 0 fully saturated rings. The number of methoxy groups -OCH3 is 1. The van der Waals surface area contributed by atoms with E-state index in [0.717, 1.165) is 0 Å². The van der Waals surface area contributed by atoms with Crippen molar-refractivity contribution < 1.29 is 33.5 Å². The molecule has 0 heterocycles. The molecule has 1 amide bonds. The summed E-state index contributed by atoms with van der Waals surface area (Å²) in [5.41, 5.74) is -0.368. The molecule has 2 rings (SSSR count). The molecule has 0 aromatic heterocycles. The highest BCUT2D eigenvalue weighted by Crippen LogP contribution is 2.29. The second-order valence-corrected chi connectivity index (χ2v) is 6.26. The van der Waals surface area contributed by atoms with Gasteiger partial charge in [-0.3, -0.25) is 19.7 Å². The van der Waals surface area contributed by atoms with Gasteiger partial charge in [0.05, 0.1) is 37.7 Å². The van der Waals surface area contributed by atoms with Gasteiger partial charge in [0.25, 0.3) is 11.6 Å². The number of benzene rings is 2. The molecule has 31 heavy (non-hydrogen) atoms. The maximum absolute atomic E-state index is 12.3. The highest BCUT2D eigenvalue weighted by atomic mass is 16.6. The van der Waals surface area contributed by atoms with Crippen LogP contribution in [0, 0.1) is 10.1 Å². The lowest BCUT2D eigenvalue weighted by molar-refractivity contribution is -0.384. The van der Waals surface area contributed by atoms with Crippen molar-refractivity contribution >= 4 is 23.3 Å². The van der Waals surface area contributed by atoms with Gasteiger partial charge in [-0.15, -0.1) is 0 Å². The van der Waals surface area contributed by atoms with Crippen LogP contribution in [0.4, 0.5) is 11.4 Å². The van der Waals surface area contributed by atoms with E-state index in [0.29, 0.717) is 18.1 Å². The number of rotatable bonds is 11. The van der Waals surface area contributed by atoms with E-state index in [1.54, 1.807) is 24.3 Å². The molecule has 0 aliphatic heterocycles. The van der Waals surface area contributed by atoms with Crippen molar-refractivity contribution in [1.82, 2.24) is 0 Å². The maximum Gasteiger partial charge on any atom is 0.310 e. The quantitative estimate of drug-likeness (QED) is 0.325. The zero-order valence-electron chi connectivity index (χ0n) is 17.5. The van der Waals surface area contributed by atoms with Crippen LogP contribution in [0.2, 0.25) is 0 Å². The Bertz CT molecular complexity index is 914. The normalized spacial score (nSPS) is 11.2. The number of carbonyl (C=O) groups is 2. The summed E-state index contributed by atoms with van der Waals surface area (Å²) in [6, 6.07) is 10.9. The minimum atomic E-state index is -1.15. The van der Waals surface area contributed by atoms with Crippen LogP contribution in [0.5, 0.6) is 17.2 Å².